The van der Waals surface area contributed by atoms with Gasteiger partial charge < -0.3 is 15.0 Å². The number of nitrogens with one attached hydrogen (secondary N) is 3. The van der Waals surface area contributed by atoms with Crippen LogP contribution in [0.25, 0.3) is 55.8 Å². The number of rotatable bonds is 5. The van der Waals surface area contributed by atoms with Gasteiger partial charge in [-0.15, -0.1) is 0 Å². The third-order valence-electron chi connectivity index (χ3n) is 6.76. The van der Waals surface area contributed by atoms with Crippen LogP contribution in [0.4, 0.5) is 0 Å². The SMILES string of the molecule is c1cc(-c2nccc3[nH]c(-c4n[nH]c5ccc(-c6cncc(OC7CCNCC7)c6)nc45)cc23)ccn1. The maximum Gasteiger partial charge on any atom is 0.138 e. The van der Waals surface area contributed by atoms with Crippen molar-refractivity contribution in [3.05, 3.63) is 73.4 Å². The van der Waals surface area contributed by atoms with Crippen LogP contribution in [0.1, 0.15) is 12.8 Å². The predicted molar refractivity (Wildman–Crippen MR) is 142 cm³/mol. The smallest absolute Gasteiger partial charge is 0.138 e. The second-order valence-electron chi connectivity index (χ2n) is 9.18. The number of ether oxygens (including phenoxy) is 1. The van der Waals surface area contributed by atoms with Gasteiger partial charge in [-0.3, -0.25) is 20.1 Å². The summed E-state index contributed by atoms with van der Waals surface area (Å²) in [5, 5.41) is 12.1. The van der Waals surface area contributed by atoms with Gasteiger partial charge in [0.1, 0.15) is 23.1 Å². The summed E-state index contributed by atoms with van der Waals surface area (Å²) in [4.78, 5) is 21.6. The number of aromatic nitrogens is 7. The molecule has 1 fully saturated rings. The van der Waals surface area contributed by atoms with Gasteiger partial charge in [0, 0.05) is 46.8 Å². The van der Waals surface area contributed by atoms with Gasteiger partial charge in [-0.25, -0.2) is 4.98 Å². The summed E-state index contributed by atoms with van der Waals surface area (Å²) >= 11 is 0. The fraction of sp³-hybridized carbons (Fsp3) is 0.179. The first-order valence-corrected chi connectivity index (χ1v) is 12.4. The molecule has 6 aromatic heterocycles. The van der Waals surface area contributed by atoms with Gasteiger partial charge >= 0.3 is 0 Å². The topological polar surface area (TPSA) is 117 Å². The molecule has 1 aliphatic rings. The zero-order valence-electron chi connectivity index (χ0n) is 20.0. The largest absolute Gasteiger partial charge is 0.489 e. The van der Waals surface area contributed by atoms with Gasteiger partial charge in [-0.1, -0.05) is 0 Å². The standard InChI is InChI=1S/C28H24N8O/c1-2-24-27(34-22(1)18-13-20(16-31-15-18)37-19-5-10-30-11-6-19)28(36-35-24)25-14-21-23(33-25)7-12-32-26(21)17-3-8-29-9-4-17/h1-4,7-9,12-16,19,30,33H,5-6,10-11H2,(H,35,36). The summed E-state index contributed by atoms with van der Waals surface area (Å²) in [6.45, 7) is 1.96. The van der Waals surface area contributed by atoms with E-state index >= 15 is 0 Å². The van der Waals surface area contributed by atoms with Gasteiger partial charge in [0.2, 0.25) is 0 Å². The molecule has 0 aliphatic carbocycles. The lowest BCUT2D eigenvalue weighted by Crippen LogP contribution is -2.34. The molecule has 0 atom stereocenters. The van der Waals surface area contributed by atoms with Crippen molar-refractivity contribution in [2.24, 2.45) is 0 Å². The van der Waals surface area contributed by atoms with Crippen LogP contribution in [0.15, 0.2) is 73.4 Å². The summed E-state index contributed by atoms with van der Waals surface area (Å²) in [6.07, 6.45) is 11.1. The Labute approximate surface area is 212 Å². The maximum atomic E-state index is 6.20. The monoisotopic (exact) mass is 488 g/mol. The van der Waals surface area contributed by atoms with E-state index in [1.165, 1.54) is 0 Å². The average Bonchev–Trinajstić information content (AvgIpc) is 3.58. The quantitative estimate of drug-likeness (QED) is 0.320. The minimum absolute atomic E-state index is 0.211. The number of piperidine rings is 1. The molecule has 0 saturated carbocycles. The molecule has 37 heavy (non-hydrogen) atoms. The number of aromatic amines is 2. The van der Waals surface area contributed by atoms with E-state index in [0.29, 0.717) is 0 Å². The molecular formula is C28H24N8O. The van der Waals surface area contributed by atoms with E-state index in [-0.39, 0.29) is 6.10 Å². The fourth-order valence-electron chi connectivity index (χ4n) is 4.90. The zero-order valence-corrected chi connectivity index (χ0v) is 20.0. The highest BCUT2D eigenvalue weighted by atomic mass is 16.5. The highest BCUT2D eigenvalue weighted by Gasteiger charge is 2.17. The molecule has 0 spiro atoms. The molecule has 182 valence electrons. The van der Waals surface area contributed by atoms with E-state index in [0.717, 1.165) is 87.5 Å². The number of hydrogen-bond donors (Lipinski definition) is 3. The molecule has 3 N–H and O–H groups in total. The number of nitrogens with zero attached hydrogens (tertiary/aromatic N) is 5. The third kappa shape index (κ3) is 4.09. The molecule has 1 saturated heterocycles. The molecule has 7 heterocycles. The van der Waals surface area contributed by atoms with Crippen molar-refractivity contribution in [3.8, 4) is 39.7 Å². The highest BCUT2D eigenvalue weighted by molar-refractivity contribution is 5.99. The summed E-state index contributed by atoms with van der Waals surface area (Å²) in [7, 11) is 0. The number of H-pyrrole nitrogens is 2. The first kappa shape index (κ1) is 21.6. The molecular weight excluding hydrogens is 464 g/mol. The van der Waals surface area contributed by atoms with Crippen LogP contribution in [-0.2, 0) is 0 Å². The second-order valence-corrected chi connectivity index (χ2v) is 9.18. The van der Waals surface area contributed by atoms with Crippen molar-refractivity contribution in [3.63, 3.8) is 0 Å². The predicted octanol–water partition coefficient (Wildman–Crippen LogP) is 4.76. The first-order valence-electron chi connectivity index (χ1n) is 12.4. The Hall–Kier alpha value is -4.63. The average molecular weight is 489 g/mol. The Balaban J connectivity index is 1.26. The molecule has 9 heteroatoms. The maximum absolute atomic E-state index is 6.20. The molecule has 9 nitrogen and oxygen atoms in total. The summed E-state index contributed by atoms with van der Waals surface area (Å²) in [5.41, 5.74) is 7.88. The summed E-state index contributed by atoms with van der Waals surface area (Å²) in [6, 6.07) is 14.0. The third-order valence-corrected chi connectivity index (χ3v) is 6.76. The Kier molecular flexibility index (Phi) is 5.32. The van der Waals surface area contributed by atoms with Gasteiger partial charge in [-0.2, -0.15) is 5.10 Å². The lowest BCUT2D eigenvalue weighted by Gasteiger charge is -2.23. The van der Waals surface area contributed by atoms with Crippen LogP contribution in [0, 0.1) is 0 Å². The fourth-order valence-corrected chi connectivity index (χ4v) is 4.90. The van der Waals surface area contributed by atoms with Crippen LogP contribution < -0.4 is 10.1 Å². The normalized spacial score (nSPS) is 14.4. The van der Waals surface area contributed by atoms with Crippen LogP contribution in [0.3, 0.4) is 0 Å². The summed E-state index contributed by atoms with van der Waals surface area (Å²) in [5.74, 6) is 0.769. The van der Waals surface area contributed by atoms with Crippen molar-refractivity contribution >= 4 is 21.9 Å². The minimum atomic E-state index is 0.211. The van der Waals surface area contributed by atoms with E-state index < -0.39 is 0 Å². The highest BCUT2D eigenvalue weighted by Crippen LogP contribution is 2.33. The molecule has 0 aromatic carbocycles. The lowest BCUT2D eigenvalue weighted by molar-refractivity contribution is 0.162. The van der Waals surface area contributed by atoms with Gasteiger partial charge in [0.05, 0.1) is 28.8 Å². The van der Waals surface area contributed by atoms with E-state index in [1.54, 1.807) is 18.6 Å². The molecule has 0 radical (unpaired) electrons. The van der Waals surface area contributed by atoms with Crippen molar-refractivity contribution in [1.29, 1.82) is 0 Å². The van der Waals surface area contributed by atoms with Crippen LogP contribution in [0.2, 0.25) is 0 Å². The molecule has 6 aromatic rings. The second kappa shape index (κ2) is 9.11. The Bertz CT molecular complexity index is 1700. The van der Waals surface area contributed by atoms with E-state index in [1.807, 2.05) is 48.8 Å². The Morgan fingerprint density at radius 1 is 0.811 bits per heavy atom. The number of hydrogen-bond acceptors (Lipinski definition) is 7. The van der Waals surface area contributed by atoms with Gasteiger partial charge in [0.15, 0.2) is 0 Å². The molecule has 0 amide bonds. The Morgan fingerprint density at radius 2 is 1.70 bits per heavy atom. The van der Waals surface area contributed by atoms with Crippen molar-refractivity contribution in [1.82, 2.24) is 40.4 Å². The zero-order chi connectivity index (χ0) is 24.6. The Morgan fingerprint density at radius 3 is 2.59 bits per heavy atom. The van der Waals surface area contributed by atoms with Crippen molar-refractivity contribution in [2.75, 3.05) is 13.1 Å². The van der Waals surface area contributed by atoms with E-state index in [9.17, 15) is 0 Å². The van der Waals surface area contributed by atoms with Crippen LogP contribution in [0.5, 0.6) is 5.75 Å². The number of fused-ring (bicyclic) bond motifs is 2. The first-order chi connectivity index (χ1) is 18.3. The van der Waals surface area contributed by atoms with Crippen molar-refractivity contribution < 1.29 is 4.74 Å². The van der Waals surface area contributed by atoms with E-state index in [2.05, 4.69) is 41.5 Å². The molecule has 0 bridgehead atoms. The van der Waals surface area contributed by atoms with Crippen LogP contribution >= 0.6 is 0 Å². The number of pyridine rings is 4. The van der Waals surface area contributed by atoms with Crippen molar-refractivity contribution in [2.45, 2.75) is 18.9 Å². The van der Waals surface area contributed by atoms with Crippen LogP contribution in [-0.4, -0.2) is 54.3 Å². The minimum Gasteiger partial charge on any atom is -0.489 e. The molecule has 0 unspecified atom stereocenters. The summed E-state index contributed by atoms with van der Waals surface area (Å²) < 4.78 is 6.20. The van der Waals surface area contributed by atoms with Gasteiger partial charge in [0.25, 0.3) is 0 Å². The molecule has 7 rings (SSSR count). The van der Waals surface area contributed by atoms with E-state index in [4.69, 9.17) is 9.72 Å². The lowest BCUT2D eigenvalue weighted by atomic mass is 10.1. The van der Waals surface area contributed by atoms with Gasteiger partial charge in [-0.05, 0) is 68.4 Å². The molecule has 1 aliphatic heterocycles.